The molecule has 0 saturated heterocycles. The summed E-state index contributed by atoms with van der Waals surface area (Å²) in [6, 6.07) is 17.9. The van der Waals surface area contributed by atoms with E-state index in [0.29, 0.717) is 11.5 Å². The molecule has 0 aliphatic heterocycles. The molecule has 0 aromatic heterocycles. The van der Waals surface area contributed by atoms with Crippen LogP contribution in [0.15, 0.2) is 60.7 Å². The molecule has 10 nitrogen and oxygen atoms in total. The van der Waals surface area contributed by atoms with Gasteiger partial charge < -0.3 is 18.9 Å². The molecule has 0 radical (unpaired) electrons. The van der Waals surface area contributed by atoms with Gasteiger partial charge in [0.2, 0.25) is 0 Å². The van der Waals surface area contributed by atoms with Crippen LogP contribution in [0.25, 0.3) is 0 Å². The van der Waals surface area contributed by atoms with E-state index < -0.39 is 12.3 Å². The van der Waals surface area contributed by atoms with Crippen molar-refractivity contribution in [3.05, 3.63) is 60.7 Å². The second kappa shape index (κ2) is 12.8. The largest absolute Gasteiger partial charge is 0.542 e. The Morgan fingerprint density at radius 3 is 1.36 bits per heavy atom. The van der Waals surface area contributed by atoms with Crippen LogP contribution in [-0.4, -0.2) is 38.7 Å². The smallest absolute Gasteiger partial charge is 0.490 e. The first-order valence-corrected chi connectivity index (χ1v) is 8.11. The molecule has 0 saturated carbocycles. The van der Waals surface area contributed by atoms with Crippen molar-refractivity contribution in [3.63, 3.8) is 0 Å². The summed E-state index contributed by atoms with van der Waals surface area (Å²) in [4.78, 5) is 30.4. The molecular weight excluding hydrogens is 376 g/mol. The Labute approximate surface area is 160 Å². The average molecular weight is 394 g/mol. The Morgan fingerprint density at radius 1 is 0.571 bits per heavy atom. The molecule has 150 valence electrons. The predicted octanol–water partition coefficient (Wildman–Crippen LogP) is 3.23. The maximum Gasteiger partial charge on any atom is 0.542 e. The van der Waals surface area contributed by atoms with E-state index in [-0.39, 0.29) is 26.4 Å². The zero-order valence-corrected chi connectivity index (χ0v) is 14.7. The summed E-state index contributed by atoms with van der Waals surface area (Å²) in [5.74, 6) is 1.25. The first kappa shape index (κ1) is 20.8. The lowest BCUT2D eigenvalue weighted by molar-refractivity contribution is -0.601. The summed E-state index contributed by atoms with van der Waals surface area (Å²) in [6.45, 7) is 0.0184. The van der Waals surface area contributed by atoms with Gasteiger partial charge in [-0.3, -0.25) is 0 Å². The second-order valence-electron chi connectivity index (χ2n) is 4.82. The van der Waals surface area contributed by atoms with Crippen LogP contribution in [0.2, 0.25) is 0 Å². The maximum absolute atomic E-state index is 11.2. The minimum atomic E-state index is -1.22. The van der Waals surface area contributed by atoms with Crippen molar-refractivity contribution in [2.24, 2.45) is 0 Å². The van der Waals surface area contributed by atoms with Gasteiger partial charge in [-0.15, -0.1) is 0 Å². The van der Waals surface area contributed by atoms with Crippen LogP contribution >= 0.6 is 0 Å². The van der Waals surface area contributed by atoms with Crippen LogP contribution in [0.4, 0.5) is 9.59 Å². The zero-order chi connectivity index (χ0) is 19.9. The van der Waals surface area contributed by atoms with Gasteiger partial charge in [-0.1, -0.05) is 36.4 Å². The van der Waals surface area contributed by atoms with Gasteiger partial charge in [0.05, 0.1) is 0 Å². The van der Waals surface area contributed by atoms with E-state index in [1.54, 1.807) is 48.5 Å². The standard InChI is InChI=1S/C18H18O10/c19-17(23-13-11-21-15-7-3-1-4-8-15)25-27-28-26-18(20)24-14-12-22-16-9-5-2-6-10-16/h1-10H,11-14H2. The van der Waals surface area contributed by atoms with Gasteiger partial charge in [-0.25, -0.2) is 19.4 Å². The van der Waals surface area contributed by atoms with Crippen LogP contribution in [0, 0.1) is 0 Å². The van der Waals surface area contributed by atoms with E-state index in [2.05, 4.69) is 29.3 Å². The molecule has 0 fully saturated rings. The van der Waals surface area contributed by atoms with Crippen LogP contribution in [0.1, 0.15) is 0 Å². The van der Waals surface area contributed by atoms with Gasteiger partial charge in [-0.2, -0.15) is 0 Å². The SMILES string of the molecule is O=C(OCCOc1ccccc1)OOOOC(=O)OCCOc1ccccc1. The van der Waals surface area contributed by atoms with Crippen molar-refractivity contribution < 1.29 is 48.4 Å². The molecule has 2 aromatic carbocycles. The van der Waals surface area contributed by atoms with Gasteiger partial charge in [-0.05, 0) is 24.3 Å². The summed E-state index contributed by atoms with van der Waals surface area (Å²) >= 11 is 0. The van der Waals surface area contributed by atoms with Gasteiger partial charge in [0.1, 0.15) is 37.9 Å². The molecule has 0 spiro atoms. The molecule has 0 N–H and O–H groups in total. The summed E-state index contributed by atoms with van der Waals surface area (Å²) in [6.07, 6.45) is -2.44. The lowest BCUT2D eigenvalue weighted by atomic mass is 10.3. The first-order chi connectivity index (χ1) is 13.7. The summed E-state index contributed by atoms with van der Waals surface area (Å²) < 4.78 is 19.8. The predicted molar refractivity (Wildman–Crippen MR) is 90.9 cm³/mol. The molecule has 0 amide bonds. The van der Waals surface area contributed by atoms with Crippen molar-refractivity contribution in [3.8, 4) is 11.5 Å². The molecule has 2 rings (SSSR count). The van der Waals surface area contributed by atoms with Gasteiger partial charge in [0.15, 0.2) is 0 Å². The van der Waals surface area contributed by atoms with Crippen molar-refractivity contribution in [1.82, 2.24) is 0 Å². The Kier molecular flexibility index (Phi) is 9.50. The third kappa shape index (κ3) is 9.27. The molecule has 2 aromatic rings. The molecule has 0 unspecified atom stereocenters. The average Bonchev–Trinajstić information content (AvgIpc) is 2.73. The maximum atomic E-state index is 11.2. The highest BCUT2D eigenvalue weighted by atomic mass is 17.7. The summed E-state index contributed by atoms with van der Waals surface area (Å²) in [7, 11) is 0. The number of carbonyl (C=O) groups is 2. The van der Waals surface area contributed by atoms with E-state index >= 15 is 0 Å². The quantitative estimate of drug-likeness (QED) is 0.244. The molecule has 0 heterocycles. The van der Waals surface area contributed by atoms with E-state index in [1.807, 2.05) is 12.1 Å². The number of benzene rings is 2. The number of hydrogen-bond donors (Lipinski definition) is 0. The van der Waals surface area contributed by atoms with Gasteiger partial charge >= 0.3 is 12.3 Å². The molecule has 0 aliphatic rings. The Balaban J connectivity index is 1.41. The van der Waals surface area contributed by atoms with Crippen LogP contribution < -0.4 is 9.47 Å². The second-order valence-corrected chi connectivity index (χ2v) is 4.82. The fraction of sp³-hybridized carbons (Fsp3) is 0.222. The third-order valence-corrected chi connectivity index (χ3v) is 2.86. The summed E-state index contributed by atoms with van der Waals surface area (Å²) in [5.41, 5.74) is 0. The van der Waals surface area contributed by atoms with Crippen molar-refractivity contribution >= 4 is 12.3 Å². The Bertz CT molecular complexity index is 631. The molecule has 0 atom stereocenters. The number of rotatable bonds is 11. The fourth-order valence-corrected chi connectivity index (χ4v) is 1.73. The highest BCUT2D eigenvalue weighted by Gasteiger charge is 2.10. The normalized spacial score (nSPS) is 9.86. The lowest BCUT2D eigenvalue weighted by Gasteiger charge is -2.07. The van der Waals surface area contributed by atoms with Crippen LogP contribution in [0.3, 0.4) is 0 Å². The number of carbonyl (C=O) groups excluding carboxylic acids is 2. The van der Waals surface area contributed by atoms with Crippen molar-refractivity contribution in [2.45, 2.75) is 0 Å². The molecule has 0 aliphatic carbocycles. The Hall–Kier alpha value is -3.50. The number of para-hydroxylation sites is 2. The van der Waals surface area contributed by atoms with Gasteiger partial charge in [0, 0.05) is 10.1 Å². The highest BCUT2D eigenvalue weighted by molar-refractivity contribution is 5.59. The van der Waals surface area contributed by atoms with E-state index in [0.717, 1.165) is 0 Å². The minimum absolute atomic E-state index is 0.0958. The minimum Gasteiger partial charge on any atom is -0.490 e. The van der Waals surface area contributed by atoms with Crippen molar-refractivity contribution in [2.75, 3.05) is 26.4 Å². The fourth-order valence-electron chi connectivity index (χ4n) is 1.73. The molecular formula is C18H18O10. The molecule has 28 heavy (non-hydrogen) atoms. The number of ether oxygens (including phenoxy) is 4. The lowest BCUT2D eigenvalue weighted by Crippen LogP contribution is -2.16. The first-order valence-electron chi connectivity index (χ1n) is 8.11. The van der Waals surface area contributed by atoms with E-state index in [1.165, 1.54) is 0 Å². The zero-order valence-electron chi connectivity index (χ0n) is 14.7. The molecule has 0 bridgehead atoms. The molecule has 10 heteroatoms. The van der Waals surface area contributed by atoms with Crippen molar-refractivity contribution in [1.29, 1.82) is 0 Å². The van der Waals surface area contributed by atoms with Gasteiger partial charge in [0.25, 0.3) is 0 Å². The third-order valence-electron chi connectivity index (χ3n) is 2.86. The monoisotopic (exact) mass is 394 g/mol. The highest BCUT2D eigenvalue weighted by Crippen LogP contribution is 2.08. The van der Waals surface area contributed by atoms with Crippen LogP contribution in [-0.2, 0) is 29.3 Å². The topological polar surface area (TPSA) is 108 Å². The number of hydrogen-bond acceptors (Lipinski definition) is 10. The summed E-state index contributed by atoms with van der Waals surface area (Å²) in [5, 5.41) is 7.77. The van der Waals surface area contributed by atoms with E-state index in [4.69, 9.17) is 9.47 Å². The Morgan fingerprint density at radius 2 is 0.964 bits per heavy atom. The van der Waals surface area contributed by atoms with Crippen LogP contribution in [0.5, 0.6) is 11.5 Å². The van der Waals surface area contributed by atoms with E-state index in [9.17, 15) is 9.59 Å².